The predicted molar refractivity (Wildman–Crippen MR) is 147 cm³/mol. The monoisotopic (exact) mass is 536 g/mol. The molecule has 0 radical (unpaired) electrons. The Kier molecular flexibility index (Phi) is 6.88. The Hall–Kier alpha value is -2.59. The fourth-order valence-electron chi connectivity index (χ4n) is 5.76. The summed E-state index contributed by atoms with van der Waals surface area (Å²) in [6.07, 6.45) is 9.27. The van der Waals surface area contributed by atoms with Crippen molar-refractivity contribution in [3.05, 3.63) is 65.4 Å². The maximum Gasteiger partial charge on any atom is 0.269 e. The van der Waals surface area contributed by atoms with Crippen molar-refractivity contribution in [2.45, 2.75) is 55.9 Å². The highest BCUT2D eigenvalue weighted by atomic mass is 32.2. The molecule has 0 atom stereocenters. The topological polar surface area (TPSA) is 77.3 Å². The van der Waals surface area contributed by atoms with Gasteiger partial charge < -0.3 is 4.74 Å². The van der Waals surface area contributed by atoms with E-state index < -0.39 is 10.0 Å². The van der Waals surface area contributed by atoms with Crippen LogP contribution in [-0.2, 0) is 14.8 Å². The van der Waals surface area contributed by atoms with Gasteiger partial charge in [0.05, 0.1) is 11.5 Å². The van der Waals surface area contributed by atoms with E-state index in [9.17, 15) is 8.42 Å². The average molecular weight is 537 g/mol. The summed E-state index contributed by atoms with van der Waals surface area (Å²) in [5.74, 6) is 0.427. The third-order valence-electron chi connectivity index (χ3n) is 7.72. The maximum absolute atomic E-state index is 13.6. The predicted octanol–water partition coefficient (Wildman–Crippen LogP) is 5.45. The number of nitrogens with zero attached hydrogens (tertiary/aromatic N) is 4. The minimum absolute atomic E-state index is 0.247. The zero-order valence-corrected chi connectivity index (χ0v) is 22.7. The molecule has 1 aliphatic heterocycles. The van der Waals surface area contributed by atoms with Crippen molar-refractivity contribution < 1.29 is 13.2 Å². The highest BCUT2D eigenvalue weighted by Gasteiger charge is 2.29. The third kappa shape index (κ3) is 4.85. The second-order valence-electron chi connectivity index (χ2n) is 10.1. The number of hydrogen-bond acceptors (Lipinski definition) is 7. The summed E-state index contributed by atoms with van der Waals surface area (Å²) >= 11 is 1.53. The third-order valence-corrected chi connectivity index (χ3v) is 10.4. The van der Waals surface area contributed by atoms with Crippen LogP contribution in [0.5, 0.6) is 0 Å². The van der Waals surface area contributed by atoms with Crippen molar-refractivity contribution in [1.29, 1.82) is 0 Å². The zero-order valence-electron chi connectivity index (χ0n) is 21.0. The van der Waals surface area contributed by atoms with Crippen molar-refractivity contribution in [2.75, 3.05) is 26.3 Å². The summed E-state index contributed by atoms with van der Waals surface area (Å²) in [6, 6.07) is 11.3. The van der Waals surface area contributed by atoms with Crippen molar-refractivity contribution in [2.24, 2.45) is 0 Å². The summed E-state index contributed by atoms with van der Waals surface area (Å²) in [4.78, 5) is 12.3. The number of aromatic nitrogens is 3. The Morgan fingerprint density at radius 1 is 1.05 bits per heavy atom. The molecule has 4 heterocycles. The quantitative estimate of drug-likeness (QED) is 0.337. The molecule has 1 saturated carbocycles. The average Bonchev–Trinajstić information content (AvgIpc) is 3.42. The normalized spacial score (nSPS) is 21.8. The second kappa shape index (κ2) is 10.3. The maximum atomic E-state index is 13.6. The van der Waals surface area contributed by atoms with Crippen LogP contribution in [0.2, 0.25) is 0 Å². The highest BCUT2D eigenvalue weighted by Crippen LogP contribution is 2.39. The fraction of sp³-hybridized carbons (Fsp3) is 0.429. The van der Waals surface area contributed by atoms with Crippen LogP contribution in [0.3, 0.4) is 0 Å². The van der Waals surface area contributed by atoms with E-state index in [1.807, 2.05) is 24.6 Å². The number of rotatable bonds is 5. The van der Waals surface area contributed by atoms with E-state index in [1.165, 1.54) is 33.7 Å². The molecule has 194 valence electrons. The molecule has 2 fully saturated rings. The molecule has 1 saturated heterocycles. The SMILES string of the molecule is Cc1csc(-c2cn(S(=O)(=O)c3ccccc3)c3ncc([C@H]4CC[C@H](N5CCCOCC5)CC4)cc23)n1. The fourth-order valence-corrected chi connectivity index (χ4v) is 7.93. The van der Waals surface area contributed by atoms with Gasteiger partial charge in [0.2, 0.25) is 0 Å². The molecule has 0 unspecified atom stereocenters. The molecule has 1 aliphatic carbocycles. The van der Waals surface area contributed by atoms with Gasteiger partial charge in [0.15, 0.2) is 5.65 Å². The number of pyridine rings is 1. The lowest BCUT2D eigenvalue weighted by Gasteiger charge is -2.36. The molecule has 3 aromatic heterocycles. The van der Waals surface area contributed by atoms with Crippen LogP contribution in [0.4, 0.5) is 0 Å². The van der Waals surface area contributed by atoms with E-state index in [4.69, 9.17) is 9.72 Å². The molecule has 4 aromatic rings. The van der Waals surface area contributed by atoms with Gasteiger partial charge in [-0.1, -0.05) is 18.2 Å². The molecule has 0 bridgehead atoms. The van der Waals surface area contributed by atoms with Gasteiger partial charge in [-0.05, 0) is 68.7 Å². The Morgan fingerprint density at radius 2 is 1.86 bits per heavy atom. The van der Waals surface area contributed by atoms with Crippen molar-refractivity contribution in [3.63, 3.8) is 0 Å². The summed E-state index contributed by atoms with van der Waals surface area (Å²) < 4.78 is 34.2. The highest BCUT2D eigenvalue weighted by molar-refractivity contribution is 7.90. The van der Waals surface area contributed by atoms with Gasteiger partial charge in [-0.2, -0.15) is 0 Å². The smallest absolute Gasteiger partial charge is 0.269 e. The van der Waals surface area contributed by atoms with E-state index in [1.54, 1.807) is 30.5 Å². The van der Waals surface area contributed by atoms with Crippen LogP contribution in [0.25, 0.3) is 21.6 Å². The van der Waals surface area contributed by atoms with Crippen LogP contribution < -0.4 is 0 Å². The van der Waals surface area contributed by atoms with Crippen LogP contribution in [0.1, 0.15) is 49.3 Å². The second-order valence-corrected chi connectivity index (χ2v) is 12.8. The van der Waals surface area contributed by atoms with Gasteiger partial charge >= 0.3 is 0 Å². The summed E-state index contributed by atoms with van der Waals surface area (Å²) in [7, 11) is -3.79. The molecule has 7 nitrogen and oxygen atoms in total. The number of ether oxygens (including phenoxy) is 1. The first-order chi connectivity index (χ1) is 18.0. The van der Waals surface area contributed by atoms with Crippen molar-refractivity contribution in [3.8, 4) is 10.6 Å². The number of aryl methyl sites for hydroxylation is 1. The zero-order chi connectivity index (χ0) is 25.4. The first kappa shape index (κ1) is 24.7. The van der Waals surface area contributed by atoms with Gasteiger partial charge in [-0.25, -0.2) is 22.4 Å². The van der Waals surface area contributed by atoms with Gasteiger partial charge in [0.25, 0.3) is 10.0 Å². The number of benzene rings is 1. The number of thiazole rings is 1. The molecule has 6 rings (SSSR count). The Labute approximate surface area is 222 Å². The lowest BCUT2D eigenvalue weighted by atomic mass is 9.81. The first-order valence-corrected chi connectivity index (χ1v) is 15.4. The largest absolute Gasteiger partial charge is 0.380 e. The van der Waals surface area contributed by atoms with Gasteiger partial charge in [0, 0.05) is 60.2 Å². The van der Waals surface area contributed by atoms with E-state index in [-0.39, 0.29) is 4.90 Å². The molecule has 0 amide bonds. The van der Waals surface area contributed by atoms with Crippen molar-refractivity contribution in [1.82, 2.24) is 18.8 Å². The van der Waals surface area contributed by atoms with E-state index in [2.05, 4.69) is 16.0 Å². The van der Waals surface area contributed by atoms with Crippen LogP contribution >= 0.6 is 11.3 Å². The lowest BCUT2D eigenvalue weighted by Crippen LogP contribution is -2.39. The van der Waals surface area contributed by atoms with Crippen molar-refractivity contribution >= 4 is 32.4 Å². The van der Waals surface area contributed by atoms with E-state index in [0.717, 1.165) is 67.2 Å². The van der Waals surface area contributed by atoms with Crippen LogP contribution in [0.15, 0.2) is 59.1 Å². The molecule has 9 heteroatoms. The molecular formula is C28H32N4O3S2. The molecule has 0 spiro atoms. The molecule has 2 aliphatic rings. The first-order valence-electron chi connectivity index (χ1n) is 13.1. The lowest BCUT2D eigenvalue weighted by molar-refractivity contribution is 0.118. The van der Waals surface area contributed by atoms with Crippen LogP contribution in [-0.4, -0.2) is 59.6 Å². The Bertz CT molecular complexity index is 1480. The molecular weight excluding hydrogens is 504 g/mol. The number of fused-ring (bicyclic) bond motifs is 1. The summed E-state index contributed by atoms with van der Waals surface area (Å²) in [6.45, 7) is 5.82. The van der Waals surface area contributed by atoms with E-state index in [0.29, 0.717) is 17.6 Å². The molecule has 37 heavy (non-hydrogen) atoms. The van der Waals surface area contributed by atoms with Gasteiger partial charge in [-0.15, -0.1) is 11.3 Å². The number of hydrogen-bond donors (Lipinski definition) is 0. The van der Waals surface area contributed by atoms with Crippen LogP contribution in [0, 0.1) is 6.92 Å². The minimum atomic E-state index is -3.79. The van der Waals surface area contributed by atoms with E-state index >= 15 is 0 Å². The summed E-state index contributed by atoms with van der Waals surface area (Å²) in [5.41, 5.74) is 3.39. The minimum Gasteiger partial charge on any atom is -0.380 e. The van der Waals surface area contributed by atoms with Gasteiger partial charge in [0.1, 0.15) is 5.01 Å². The van der Waals surface area contributed by atoms with Gasteiger partial charge in [-0.3, -0.25) is 4.90 Å². The summed E-state index contributed by atoms with van der Waals surface area (Å²) in [5, 5.41) is 3.66. The Balaban J connectivity index is 1.34. The molecule has 0 N–H and O–H groups in total. The Morgan fingerprint density at radius 3 is 2.62 bits per heavy atom. The standard InChI is InChI=1S/C28H32N4O3S2/c1-20-19-36-28(30-20)26-18-32(37(33,34)24-6-3-2-4-7-24)27-25(26)16-22(17-29-27)21-8-10-23(11-9-21)31-12-5-14-35-15-13-31/h2-4,6-7,16-19,21,23H,5,8-15H2,1H3/t21-,23-. The molecule has 1 aromatic carbocycles.